The summed E-state index contributed by atoms with van der Waals surface area (Å²) in [5.41, 5.74) is 0.758. The van der Waals surface area contributed by atoms with E-state index in [4.69, 9.17) is 4.52 Å². The van der Waals surface area contributed by atoms with Crippen molar-refractivity contribution in [1.82, 2.24) is 20.3 Å². The van der Waals surface area contributed by atoms with Crippen LogP contribution < -0.4 is 5.32 Å². The van der Waals surface area contributed by atoms with Crippen LogP contribution in [0.3, 0.4) is 0 Å². The van der Waals surface area contributed by atoms with Gasteiger partial charge >= 0.3 is 0 Å². The van der Waals surface area contributed by atoms with Gasteiger partial charge in [-0.15, -0.1) is 10.2 Å². The van der Waals surface area contributed by atoms with Crippen LogP contribution in [0, 0.1) is 6.92 Å². The first-order valence-electron chi connectivity index (χ1n) is 6.66. The quantitative estimate of drug-likeness (QED) is 0.590. The van der Waals surface area contributed by atoms with Crippen LogP contribution in [0.4, 0.5) is 19.6 Å². The van der Waals surface area contributed by atoms with Gasteiger partial charge in [0, 0.05) is 10.6 Å². The summed E-state index contributed by atoms with van der Waals surface area (Å²) in [6.45, 7) is 1.76. The van der Waals surface area contributed by atoms with Crippen molar-refractivity contribution in [3.8, 4) is 0 Å². The van der Waals surface area contributed by atoms with Gasteiger partial charge in [0.25, 0.3) is 5.76 Å². The van der Waals surface area contributed by atoms with Crippen molar-refractivity contribution in [2.45, 2.75) is 27.7 Å². The number of nitrogens with one attached hydrogen (secondary N) is 1. The summed E-state index contributed by atoms with van der Waals surface area (Å²) in [6, 6.07) is 6.71. The Morgan fingerprint density at radius 1 is 1.25 bits per heavy atom. The molecule has 0 fully saturated rings. The predicted molar refractivity (Wildman–Crippen MR) is 90.1 cm³/mol. The first kappa shape index (κ1) is 17.1. The topological polar surface area (TPSA) is 76.7 Å². The minimum Gasteiger partial charge on any atom is -0.338 e. The Morgan fingerprint density at radius 2 is 2.04 bits per heavy atom. The molecule has 0 saturated heterocycles. The summed E-state index contributed by atoms with van der Waals surface area (Å²) in [5, 5.41) is 15.5. The molecule has 6 nitrogen and oxygen atoms in total. The third-order valence-electron chi connectivity index (χ3n) is 2.63. The van der Waals surface area contributed by atoms with E-state index in [0.29, 0.717) is 39.3 Å². The number of hydrogen-bond donors (Lipinski definition) is 1. The molecule has 11 heteroatoms. The van der Waals surface area contributed by atoms with E-state index in [1.54, 1.807) is 31.2 Å². The van der Waals surface area contributed by atoms with Gasteiger partial charge in [0.15, 0.2) is 10.2 Å². The van der Waals surface area contributed by atoms with Gasteiger partial charge in [0.1, 0.15) is 0 Å². The molecule has 3 rings (SSSR count). The zero-order valence-electron chi connectivity index (χ0n) is 12.3. The van der Waals surface area contributed by atoms with Gasteiger partial charge in [0.2, 0.25) is 11.0 Å². The third kappa shape index (κ3) is 4.89. The zero-order chi connectivity index (χ0) is 16.9. The number of rotatable bonds is 7. The fourth-order valence-electron chi connectivity index (χ4n) is 1.68. The van der Waals surface area contributed by atoms with Crippen molar-refractivity contribution in [2.75, 3.05) is 5.32 Å². The molecule has 0 aliphatic heterocycles. The van der Waals surface area contributed by atoms with Crippen molar-refractivity contribution in [2.24, 2.45) is 0 Å². The predicted octanol–water partition coefficient (Wildman–Crippen LogP) is 4.58. The van der Waals surface area contributed by atoms with E-state index in [2.05, 4.69) is 25.7 Å². The first-order valence-corrected chi connectivity index (χ1v) is 9.34. The second-order valence-corrected chi connectivity index (χ2v) is 7.69. The van der Waals surface area contributed by atoms with Gasteiger partial charge in [-0.2, -0.15) is 13.8 Å². The summed E-state index contributed by atoms with van der Waals surface area (Å²) in [5.74, 6) is -0.767. The molecule has 0 aliphatic rings. The second-order valence-electron chi connectivity index (χ2n) is 4.43. The van der Waals surface area contributed by atoms with Gasteiger partial charge in [-0.3, -0.25) is 0 Å². The van der Waals surface area contributed by atoms with Gasteiger partial charge in [-0.05, 0) is 31.2 Å². The average molecular weight is 387 g/mol. The molecular weight excluding hydrogens is 376 g/mol. The van der Waals surface area contributed by atoms with Gasteiger partial charge in [-0.25, -0.2) is 0 Å². The Bertz CT molecular complexity index is 793. The molecule has 0 atom stereocenters. The maximum Gasteiger partial charge on any atom is 0.288 e. The van der Waals surface area contributed by atoms with Crippen molar-refractivity contribution in [3.63, 3.8) is 0 Å². The molecule has 0 bridgehead atoms. The number of halogens is 2. The highest BCUT2D eigenvalue weighted by Gasteiger charge is 2.09. The molecule has 126 valence electrons. The molecule has 0 unspecified atom stereocenters. The molecule has 2 aromatic heterocycles. The van der Waals surface area contributed by atoms with Gasteiger partial charge in [0.05, 0.1) is 5.75 Å². The summed E-state index contributed by atoms with van der Waals surface area (Å²) >= 11 is 3.35. The fraction of sp³-hybridized carbons (Fsp3) is 0.231. The third-order valence-corrected chi connectivity index (χ3v) is 5.31. The number of nitrogens with zero attached hydrogens (tertiary/aromatic N) is 4. The van der Waals surface area contributed by atoms with Crippen LogP contribution in [-0.2, 0) is 5.75 Å². The lowest BCUT2D eigenvalue weighted by Gasteiger charge is -2.03. The number of aromatic nitrogens is 4. The van der Waals surface area contributed by atoms with Crippen molar-refractivity contribution < 1.29 is 13.3 Å². The maximum atomic E-state index is 12.3. The molecule has 0 amide bonds. The zero-order valence-corrected chi connectivity index (χ0v) is 14.7. The Labute approximate surface area is 148 Å². The molecule has 3 aromatic rings. The Kier molecular flexibility index (Phi) is 5.63. The minimum absolute atomic E-state index is 0.513. The summed E-state index contributed by atoms with van der Waals surface area (Å²) in [4.78, 5) is 4.63. The molecule has 1 N–H and O–H groups in total. The monoisotopic (exact) mass is 387 g/mol. The molecule has 0 spiro atoms. The van der Waals surface area contributed by atoms with E-state index in [-0.39, 0.29) is 0 Å². The van der Waals surface area contributed by atoms with Crippen molar-refractivity contribution >= 4 is 45.7 Å². The lowest BCUT2D eigenvalue weighted by atomic mass is 10.3. The van der Waals surface area contributed by atoms with Crippen LogP contribution in [0.25, 0.3) is 0 Å². The van der Waals surface area contributed by atoms with Crippen LogP contribution in [0.15, 0.2) is 38.0 Å². The Balaban J connectivity index is 1.55. The summed E-state index contributed by atoms with van der Waals surface area (Å²) < 4.78 is 30.4. The van der Waals surface area contributed by atoms with E-state index < -0.39 is 5.76 Å². The highest BCUT2D eigenvalue weighted by atomic mass is 32.2. The van der Waals surface area contributed by atoms with Gasteiger partial charge in [-0.1, -0.05) is 40.0 Å². The lowest BCUT2D eigenvalue weighted by Crippen LogP contribution is -1.89. The van der Waals surface area contributed by atoms with E-state index in [0.717, 1.165) is 10.0 Å². The summed E-state index contributed by atoms with van der Waals surface area (Å²) in [7, 11) is 0. The number of aryl methyl sites for hydroxylation is 1. The molecule has 0 aliphatic carbocycles. The number of hydrogen-bond acceptors (Lipinski definition) is 9. The van der Waals surface area contributed by atoms with Crippen molar-refractivity contribution in [1.29, 1.82) is 0 Å². The van der Waals surface area contributed by atoms with E-state index in [1.807, 2.05) is 0 Å². The standard InChI is InChI=1S/C13H11F2N5OS3/c1-7-16-10(21-20-7)6-22-13-19-18-12(24-13)17-8-2-4-9(5-3-8)23-11(14)15/h2-5,11H,6H2,1H3,(H,17,18). The normalized spacial score (nSPS) is 11.2. The highest BCUT2D eigenvalue weighted by molar-refractivity contribution is 8.00. The molecule has 0 saturated carbocycles. The van der Waals surface area contributed by atoms with Crippen LogP contribution in [0.2, 0.25) is 0 Å². The number of anilines is 2. The van der Waals surface area contributed by atoms with E-state index >= 15 is 0 Å². The summed E-state index contributed by atoms with van der Waals surface area (Å²) in [6.07, 6.45) is 0. The molecule has 0 radical (unpaired) electrons. The van der Waals surface area contributed by atoms with E-state index in [9.17, 15) is 8.78 Å². The molecular formula is C13H11F2N5OS3. The smallest absolute Gasteiger partial charge is 0.288 e. The SMILES string of the molecule is Cc1noc(CSc2nnc(Nc3ccc(SC(F)F)cc3)s2)n1. The Hall–Kier alpha value is -1.72. The van der Waals surface area contributed by atoms with Crippen LogP contribution in [-0.4, -0.2) is 26.1 Å². The molecule has 24 heavy (non-hydrogen) atoms. The Morgan fingerprint density at radius 3 is 2.71 bits per heavy atom. The lowest BCUT2D eigenvalue weighted by molar-refractivity contribution is 0.252. The second kappa shape index (κ2) is 7.90. The van der Waals surface area contributed by atoms with Crippen LogP contribution in [0.1, 0.15) is 11.7 Å². The number of alkyl halides is 2. The minimum atomic E-state index is -2.42. The van der Waals surface area contributed by atoms with Crippen LogP contribution >= 0.6 is 34.9 Å². The van der Waals surface area contributed by atoms with Crippen molar-refractivity contribution in [3.05, 3.63) is 36.0 Å². The molecule has 1 aromatic carbocycles. The average Bonchev–Trinajstić information content (AvgIpc) is 3.16. The fourth-order valence-corrected chi connectivity index (χ4v) is 3.79. The van der Waals surface area contributed by atoms with Gasteiger partial charge < -0.3 is 9.84 Å². The molecule has 2 heterocycles. The first-order chi connectivity index (χ1) is 11.6. The largest absolute Gasteiger partial charge is 0.338 e. The maximum absolute atomic E-state index is 12.3. The van der Waals surface area contributed by atoms with E-state index in [1.165, 1.54) is 23.1 Å². The number of benzene rings is 1. The van der Waals surface area contributed by atoms with Crippen LogP contribution in [0.5, 0.6) is 0 Å². The number of thioether (sulfide) groups is 2. The highest BCUT2D eigenvalue weighted by Crippen LogP contribution is 2.31.